The second-order valence-electron chi connectivity index (χ2n) is 9.86. The van der Waals surface area contributed by atoms with E-state index in [0.717, 1.165) is 29.8 Å². The Bertz CT molecular complexity index is 1500. The highest BCUT2D eigenvalue weighted by Crippen LogP contribution is 2.39. The van der Waals surface area contributed by atoms with Crippen molar-refractivity contribution in [3.63, 3.8) is 0 Å². The lowest BCUT2D eigenvalue weighted by molar-refractivity contribution is -0.128. The number of aliphatic hydroxyl groups is 1. The van der Waals surface area contributed by atoms with Gasteiger partial charge in [0.1, 0.15) is 17.1 Å². The SMILES string of the molecule is C=CC(=O)N1CC(SC)CC1C(C)O.CNc1n[nH]c(C#Cc2cc3nc(C)n(C4CC4)c3cc2Cl)c1C(N)=O. The molecule has 2 aromatic heterocycles. The van der Waals surface area contributed by atoms with Crippen LogP contribution in [0.15, 0.2) is 24.8 Å². The van der Waals surface area contributed by atoms with Crippen LogP contribution in [0.1, 0.15) is 59.7 Å². The summed E-state index contributed by atoms with van der Waals surface area (Å²) in [6, 6.07) is 4.25. The Balaban J connectivity index is 0.000000224. The molecule has 2 fully saturated rings. The minimum absolute atomic E-state index is 0.0436. The van der Waals surface area contributed by atoms with Crippen molar-refractivity contribution in [3.05, 3.63) is 52.5 Å². The molecule has 1 saturated carbocycles. The lowest BCUT2D eigenvalue weighted by Gasteiger charge is -2.25. The number of hydrogen-bond donors (Lipinski definition) is 4. The summed E-state index contributed by atoms with van der Waals surface area (Å²) in [4.78, 5) is 29.5. The Morgan fingerprint density at radius 3 is 2.67 bits per heavy atom. The molecule has 2 amide bonds. The van der Waals surface area contributed by atoms with Gasteiger partial charge in [0.25, 0.3) is 5.91 Å². The lowest BCUT2D eigenvalue weighted by atomic mass is 10.1. The molecule has 3 heterocycles. The molecule has 212 valence electrons. The summed E-state index contributed by atoms with van der Waals surface area (Å²) in [5.74, 6) is 6.55. The molecule has 3 atom stereocenters. The number of amides is 2. The highest BCUT2D eigenvalue weighted by atomic mass is 35.5. The van der Waals surface area contributed by atoms with Crippen LogP contribution in [0.3, 0.4) is 0 Å². The maximum atomic E-state index is 11.6. The van der Waals surface area contributed by atoms with E-state index in [-0.39, 0.29) is 17.5 Å². The predicted molar refractivity (Wildman–Crippen MR) is 160 cm³/mol. The van der Waals surface area contributed by atoms with Crippen molar-refractivity contribution in [1.82, 2.24) is 24.6 Å². The van der Waals surface area contributed by atoms with Gasteiger partial charge < -0.3 is 25.6 Å². The third-order valence-corrected chi connectivity index (χ3v) is 8.41. The van der Waals surface area contributed by atoms with Crippen LogP contribution in [0.4, 0.5) is 5.82 Å². The number of nitrogens with two attached hydrogens (primary N) is 1. The molecular weight excluding hydrogens is 550 g/mol. The monoisotopic (exact) mass is 583 g/mol. The topological polar surface area (TPSA) is 142 Å². The fourth-order valence-corrected chi connectivity index (χ4v) is 5.84. The van der Waals surface area contributed by atoms with Crippen molar-refractivity contribution < 1.29 is 14.7 Å². The van der Waals surface area contributed by atoms with Gasteiger partial charge in [-0.1, -0.05) is 24.1 Å². The van der Waals surface area contributed by atoms with Gasteiger partial charge in [0.05, 0.1) is 28.2 Å². The first kappa shape index (κ1) is 29.5. The maximum absolute atomic E-state index is 11.6. The smallest absolute Gasteiger partial charge is 0.255 e. The Morgan fingerprint density at radius 2 is 2.10 bits per heavy atom. The van der Waals surface area contributed by atoms with Gasteiger partial charge >= 0.3 is 0 Å². The molecule has 1 aromatic carbocycles. The molecule has 1 saturated heterocycles. The number of aryl methyl sites for hydroxylation is 1. The lowest BCUT2D eigenvalue weighted by Crippen LogP contribution is -2.40. The van der Waals surface area contributed by atoms with E-state index in [2.05, 4.69) is 43.5 Å². The van der Waals surface area contributed by atoms with E-state index in [1.165, 1.54) is 18.9 Å². The number of primary amides is 1. The average Bonchev–Trinajstić information content (AvgIpc) is 3.37. The quantitative estimate of drug-likeness (QED) is 0.257. The number of aromatic nitrogens is 4. The summed E-state index contributed by atoms with van der Waals surface area (Å²) in [6.45, 7) is 7.93. The van der Waals surface area contributed by atoms with Gasteiger partial charge in [-0.15, -0.1) is 0 Å². The minimum Gasteiger partial charge on any atom is -0.391 e. The fraction of sp³-hybridized carbons (Fsp3) is 0.429. The Hall–Kier alpha value is -3.46. The van der Waals surface area contributed by atoms with Gasteiger partial charge in [-0.2, -0.15) is 16.9 Å². The first-order valence-electron chi connectivity index (χ1n) is 13.0. The van der Waals surface area contributed by atoms with Gasteiger partial charge in [0.15, 0.2) is 5.82 Å². The molecule has 1 aliphatic carbocycles. The van der Waals surface area contributed by atoms with E-state index in [9.17, 15) is 14.7 Å². The molecule has 2 aliphatic rings. The van der Waals surface area contributed by atoms with Gasteiger partial charge in [0.2, 0.25) is 5.91 Å². The number of thioether (sulfide) groups is 1. The number of rotatable bonds is 6. The zero-order valence-corrected chi connectivity index (χ0v) is 24.6. The molecule has 5 rings (SSSR count). The number of hydrogen-bond acceptors (Lipinski definition) is 7. The van der Waals surface area contributed by atoms with E-state index in [1.807, 2.05) is 25.3 Å². The number of H-pyrrole nitrogens is 1. The average molecular weight is 584 g/mol. The van der Waals surface area contributed by atoms with Crippen LogP contribution >= 0.6 is 23.4 Å². The Morgan fingerprint density at radius 1 is 1.38 bits per heavy atom. The first-order valence-corrected chi connectivity index (χ1v) is 14.7. The van der Waals surface area contributed by atoms with Gasteiger partial charge in [-0.3, -0.25) is 14.7 Å². The van der Waals surface area contributed by atoms with Crippen molar-refractivity contribution in [2.24, 2.45) is 5.73 Å². The van der Waals surface area contributed by atoms with Gasteiger partial charge in [-0.05, 0) is 63.5 Å². The van der Waals surface area contributed by atoms with Crippen LogP contribution in [-0.2, 0) is 4.79 Å². The second-order valence-corrected chi connectivity index (χ2v) is 11.4. The van der Waals surface area contributed by atoms with Crippen molar-refractivity contribution in [2.75, 3.05) is 25.2 Å². The van der Waals surface area contributed by atoms with Crippen LogP contribution in [0.2, 0.25) is 5.02 Å². The van der Waals surface area contributed by atoms with E-state index in [0.29, 0.717) is 33.4 Å². The highest BCUT2D eigenvalue weighted by Gasteiger charge is 2.36. The number of likely N-dealkylation sites (tertiary alicyclic amines) is 1. The number of benzene rings is 1. The number of aliphatic hydroxyl groups excluding tert-OH is 1. The normalized spacial score (nSPS) is 18.9. The summed E-state index contributed by atoms with van der Waals surface area (Å²) in [6.07, 6.45) is 6.11. The van der Waals surface area contributed by atoms with Crippen LogP contribution in [0.5, 0.6) is 0 Å². The first-order chi connectivity index (χ1) is 19.1. The van der Waals surface area contributed by atoms with E-state index in [4.69, 9.17) is 17.3 Å². The number of fused-ring (bicyclic) bond motifs is 1. The number of carbonyl (C=O) groups is 2. The number of aromatic amines is 1. The van der Waals surface area contributed by atoms with Crippen LogP contribution in [0.25, 0.3) is 11.0 Å². The number of imidazole rings is 1. The summed E-state index contributed by atoms with van der Waals surface area (Å²) in [7, 11) is 1.66. The third kappa shape index (κ3) is 6.14. The molecule has 10 nitrogen and oxygen atoms in total. The van der Waals surface area contributed by atoms with Crippen LogP contribution in [-0.4, -0.2) is 78.8 Å². The summed E-state index contributed by atoms with van der Waals surface area (Å²) in [5.41, 5.74) is 8.51. The Labute approximate surface area is 242 Å². The number of anilines is 1. The van der Waals surface area contributed by atoms with Crippen LogP contribution in [0, 0.1) is 18.8 Å². The zero-order valence-electron chi connectivity index (χ0n) is 23.0. The predicted octanol–water partition coefficient (Wildman–Crippen LogP) is 3.48. The molecule has 12 heteroatoms. The molecule has 0 spiro atoms. The molecule has 3 aromatic rings. The number of carbonyl (C=O) groups excluding carboxylic acids is 2. The third-order valence-electron chi connectivity index (χ3n) is 7.09. The second kappa shape index (κ2) is 12.4. The number of nitrogens with zero attached hydrogens (tertiary/aromatic N) is 4. The minimum atomic E-state index is -0.604. The number of halogens is 1. The van der Waals surface area contributed by atoms with Crippen molar-refractivity contribution >= 4 is 52.0 Å². The molecule has 0 bridgehead atoms. The van der Waals surface area contributed by atoms with Crippen molar-refractivity contribution in [2.45, 2.75) is 56.5 Å². The highest BCUT2D eigenvalue weighted by molar-refractivity contribution is 7.99. The largest absolute Gasteiger partial charge is 0.391 e. The zero-order chi connectivity index (χ0) is 29.1. The van der Waals surface area contributed by atoms with Crippen LogP contribution < -0.4 is 11.1 Å². The van der Waals surface area contributed by atoms with E-state index in [1.54, 1.807) is 30.6 Å². The van der Waals surface area contributed by atoms with Gasteiger partial charge in [0, 0.05) is 30.4 Å². The molecule has 40 heavy (non-hydrogen) atoms. The van der Waals surface area contributed by atoms with E-state index < -0.39 is 12.0 Å². The molecule has 3 unspecified atom stereocenters. The number of nitrogens with one attached hydrogen (secondary N) is 2. The molecule has 0 radical (unpaired) electrons. The Kier molecular flexibility index (Phi) is 9.13. The molecule has 5 N–H and O–H groups in total. The van der Waals surface area contributed by atoms with Crippen molar-refractivity contribution in [3.8, 4) is 11.8 Å². The van der Waals surface area contributed by atoms with E-state index >= 15 is 0 Å². The summed E-state index contributed by atoms with van der Waals surface area (Å²) >= 11 is 8.18. The maximum Gasteiger partial charge on any atom is 0.255 e. The molecular formula is C28H34ClN7O3S. The summed E-state index contributed by atoms with van der Waals surface area (Å²) in [5, 5.41) is 20.0. The fourth-order valence-electron chi connectivity index (χ4n) is 4.93. The standard InChI is InChI=1S/C18H17ClN6O.C10H17NO2S/c1-9-22-14-7-10(12(19)8-15(14)25(9)11-4-5-11)3-6-13-16(17(20)26)18(21-2)24-23-13;1-4-10(13)11-6-8(14-3)5-9(11)7(2)12/h7-8,11H,4-5H2,1-2H3,(H2,20,26)(H2,21,23,24);4,7-9,12H,1,5-6H2,2-3H3. The molecule has 1 aliphatic heterocycles. The van der Waals surface area contributed by atoms with Crippen molar-refractivity contribution in [1.29, 1.82) is 0 Å². The summed E-state index contributed by atoms with van der Waals surface area (Å²) < 4.78 is 2.23. The van der Waals surface area contributed by atoms with Gasteiger partial charge in [-0.25, -0.2) is 4.98 Å².